The molecule has 1 amide bonds. The Kier molecular flexibility index (Phi) is 3.43. The van der Waals surface area contributed by atoms with Gasteiger partial charge in [-0.1, -0.05) is 19.1 Å². The second-order valence-electron chi connectivity index (χ2n) is 5.54. The van der Waals surface area contributed by atoms with Crippen molar-refractivity contribution in [3.63, 3.8) is 0 Å². The van der Waals surface area contributed by atoms with Crippen molar-refractivity contribution >= 4 is 5.91 Å². The highest BCUT2D eigenvalue weighted by Crippen LogP contribution is 2.34. The fourth-order valence-corrected chi connectivity index (χ4v) is 3.41. The molecule has 0 saturated carbocycles. The largest absolute Gasteiger partial charge is 0.405 e. The molecule has 2 aliphatic heterocycles. The zero-order valence-corrected chi connectivity index (χ0v) is 11.7. The molecule has 0 bridgehead atoms. The topological polar surface area (TPSA) is 32.3 Å². The summed E-state index contributed by atoms with van der Waals surface area (Å²) in [6.07, 6.45) is -3.36. The second-order valence-corrected chi connectivity index (χ2v) is 5.54. The van der Waals surface area contributed by atoms with E-state index >= 15 is 0 Å². The van der Waals surface area contributed by atoms with Crippen LogP contribution in [-0.2, 0) is 12.8 Å². The maximum atomic E-state index is 13.2. The molecule has 1 fully saturated rings. The first-order valence-corrected chi connectivity index (χ1v) is 7.15. The maximum Gasteiger partial charge on any atom is 0.405 e. The molecule has 1 aromatic rings. The number of piperazine rings is 1. The SMILES string of the molecule is CCc1cccc2c1CC1[C@H](C(F)(F)F)NCCN1C2=O. The minimum absolute atomic E-state index is 0.176. The van der Waals surface area contributed by atoms with Crippen LogP contribution in [0.1, 0.15) is 28.4 Å². The Morgan fingerprint density at radius 2 is 2.14 bits per heavy atom. The Balaban J connectivity index is 2.04. The van der Waals surface area contributed by atoms with Gasteiger partial charge in [-0.2, -0.15) is 13.2 Å². The summed E-state index contributed by atoms with van der Waals surface area (Å²) in [5.74, 6) is -0.271. The first-order chi connectivity index (χ1) is 9.93. The van der Waals surface area contributed by atoms with Gasteiger partial charge >= 0.3 is 6.18 Å². The highest BCUT2D eigenvalue weighted by molar-refractivity contribution is 5.97. The van der Waals surface area contributed by atoms with Crippen molar-refractivity contribution in [3.8, 4) is 0 Å². The molecule has 2 atom stereocenters. The molecular weight excluding hydrogens is 281 g/mol. The van der Waals surface area contributed by atoms with Crippen LogP contribution >= 0.6 is 0 Å². The number of nitrogens with zero attached hydrogens (tertiary/aromatic N) is 1. The van der Waals surface area contributed by atoms with E-state index < -0.39 is 18.3 Å². The Labute approximate surface area is 121 Å². The molecule has 1 N–H and O–H groups in total. The number of amides is 1. The lowest BCUT2D eigenvalue weighted by Gasteiger charge is -2.45. The van der Waals surface area contributed by atoms with Crippen LogP contribution < -0.4 is 5.32 Å². The first kappa shape index (κ1) is 14.4. The molecule has 1 saturated heterocycles. The minimum Gasteiger partial charge on any atom is -0.332 e. The van der Waals surface area contributed by atoms with Gasteiger partial charge in [-0.05, 0) is 30.0 Å². The van der Waals surface area contributed by atoms with Gasteiger partial charge in [0.25, 0.3) is 5.91 Å². The van der Waals surface area contributed by atoms with Gasteiger partial charge in [-0.3, -0.25) is 4.79 Å². The molecule has 3 rings (SSSR count). The summed E-state index contributed by atoms with van der Waals surface area (Å²) in [5.41, 5.74) is 2.31. The second kappa shape index (κ2) is 5.02. The van der Waals surface area contributed by atoms with Crippen LogP contribution in [0.4, 0.5) is 13.2 Å². The Morgan fingerprint density at radius 1 is 1.38 bits per heavy atom. The third kappa shape index (κ3) is 2.31. The molecule has 2 aliphatic rings. The van der Waals surface area contributed by atoms with Crippen molar-refractivity contribution in [2.24, 2.45) is 0 Å². The molecule has 0 radical (unpaired) electrons. The predicted molar refractivity (Wildman–Crippen MR) is 72.2 cm³/mol. The van der Waals surface area contributed by atoms with Crippen LogP contribution in [0.15, 0.2) is 18.2 Å². The number of halogens is 3. The summed E-state index contributed by atoms with van der Waals surface area (Å²) in [5, 5.41) is 2.53. The van der Waals surface area contributed by atoms with E-state index in [0.717, 1.165) is 11.1 Å². The van der Waals surface area contributed by atoms with Crippen LogP contribution in [-0.4, -0.2) is 42.2 Å². The van der Waals surface area contributed by atoms with Gasteiger partial charge in [0, 0.05) is 18.7 Å². The molecule has 2 heterocycles. The van der Waals surface area contributed by atoms with Crippen LogP contribution in [0.2, 0.25) is 0 Å². The average Bonchev–Trinajstić information content (AvgIpc) is 2.45. The van der Waals surface area contributed by atoms with E-state index in [4.69, 9.17) is 0 Å². The molecular formula is C15H17F3N2O. The molecule has 0 spiro atoms. The third-order valence-electron chi connectivity index (χ3n) is 4.41. The van der Waals surface area contributed by atoms with E-state index in [1.54, 1.807) is 12.1 Å². The van der Waals surface area contributed by atoms with Crippen molar-refractivity contribution in [1.29, 1.82) is 0 Å². The fraction of sp³-hybridized carbons (Fsp3) is 0.533. The predicted octanol–water partition coefficient (Wildman–Crippen LogP) is 2.15. The number of hydrogen-bond acceptors (Lipinski definition) is 2. The molecule has 114 valence electrons. The van der Waals surface area contributed by atoms with Gasteiger partial charge in [-0.25, -0.2) is 0 Å². The van der Waals surface area contributed by atoms with E-state index in [2.05, 4.69) is 5.32 Å². The van der Waals surface area contributed by atoms with Gasteiger partial charge in [0.05, 0.1) is 6.04 Å². The number of aryl methyl sites for hydroxylation is 1. The van der Waals surface area contributed by atoms with Gasteiger partial charge in [-0.15, -0.1) is 0 Å². The zero-order valence-electron chi connectivity index (χ0n) is 11.7. The maximum absolute atomic E-state index is 13.2. The van der Waals surface area contributed by atoms with Gasteiger partial charge in [0.2, 0.25) is 0 Å². The number of fused-ring (bicyclic) bond motifs is 2. The molecule has 0 aliphatic carbocycles. The summed E-state index contributed by atoms with van der Waals surface area (Å²) in [6, 6.07) is 2.93. The summed E-state index contributed by atoms with van der Waals surface area (Å²) in [7, 11) is 0. The molecule has 1 unspecified atom stereocenters. The van der Waals surface area contributed by atoms with Crippen LogP contribution in [0.3, 0.4) is 0 Å². The smallest absolute Gasteiger partial charge is 0.332 e. The van der Waals surface area contributed by atoms with E-state index in [0.29, 0.717) is 18.5 Å². The Hall–Kier alpha value is -1.56. The summed E-state index contributed by atoms with van der Waals surface area (Å²) >= 11 is 0. The van der Waals surface area contributed by atoms with E-state index in [-0.39, 0.29) is 18.9 Å². The normalized spacial score (nSPS) is 25.5. The van der Waals surface area contributed by atoms with Crippen LogP contribution in [0.25, 0.3) is 0 Å². The van der Waals surface area contributed by atoms with Crippen LogP contribution in [0, 0.1) is 0 Å². The number of hydrogen-bond donors (Lipinski definition) is 1. The number of carbonyl (C=O) groups is 1. The fourth-order valence-electron chi connectivity index (χ4n) is 3.41. The first-order valence-electron chi connectivity index (χ1n) is 7.15. The quantitative estimate of drug-likeness (QED) is 0.861. The summed E-state index contributed by atoms with van der Waals surface area (Å²) in [4.78, 5) is 13.9. The van der Waals surface area contributed by atoms with E-state index in [9.17, 15) is 18.0 Å². The Morgan fingerprint density at radius 3 is 2.81 bits per heavy atom. The highest BCUT2D eigenvalue weighted by atomic mass is 19.4. The molecule has 1 aromatic carbocycles. The zero-order chi connectivity index (χ0) is 15.2. The van der Waals surface area contributed by atoms with Gasteiger partial charge in [0.1, 0.15) is 6.04 Å². The molecule has 6 heteroatoms. The number of carbonyl (C=O) groups excluding carboxylic acids is 1. The van der Waals surface area contributed by atoms with Gasteiger partial charge in [0.15, 0.2) is 0 Å². The van der Waals surface area contributed by atoms with Gasteiger partial charge < -0.3 is 10.2 Å². The van der Waals surface area contributed by atoms with Crippen molar-refractivity contribution in [2.75, 3.05) is 13.1 Å². The standard InChI is InChI=1S/C15H17F3N2O/c1-2-9-4-3-5-10-11(9)8-12-13(15(16,17)18)19-6-7-20(12)14(10)21/h3-5,12-13,19H,2,6-8H2,1H3/t12?,13-/m1/s1. The number of rotatable bonds is 1. The minimum atomic E-state index is -4.34. The van der Waals surface area contributed by atoms with Crippen molar-refractivity contribution < 1.29 is 18.0 Å². The lowest BCUT2D eigenvalue weighted by molar-refractivity contribution is -0.174. The monoisotopic (exact) mass is 298 g/mol. The summed E-state index contributed by atoms with van der Waals surface area (Å²) < 4.78 is 39.6. The molecule has 21 heavy (non-hydrogen) atoms. The van der Waals surface area contributed by atoms with Crippen molar-refractivity contribution in [1.82, 2.24) is 10.2 Å². The average molecular weight is 298 g/mol. The van der Waals surface area contributed by atoms with Crippen molar-refractivity contribution in [3.05, 3.63) is 34.9 Å². The van der Waals surface area contributed by atoms with Crippen LogP contribution in [0.5, 0.6) is 0 Å². The van der Waals surface area contributed by atoms with Crippen molar-refractivity contribution in [2.45, 2.75) is 38.0 Å². The Bertz CT molecular complexity index is 571. The third-order valence-corrected chi connectivity index (χ3v) is 4.41. The lowest BCUT2D eigenvalue weighted by atomic mass is 9.84. The van der Waals surface area contributed by atoms with E-state index in [1.807, 2.05) is 13.0 Å². The number of benzene rings is 1. The van der Waals surface area contributed by atoms with E-state index in [1.165, 1.54) is 4.90 Å². The number of alkyl halides is 3. The molecule has 0 aromatic heterocycles. The highest BCUT2D eigenvalue weighted by Gasteiger charge is 2.51. The lowest BCUT2D eigenvalue weighted by Crippen LogP contribution is -2.66. The summed E-state index contributed by atoms with van der Waals surface area (Å²) in [6.45, 7) is 2.45. The number of nitrogens with one attached hydrogen (secondary N) is 1. The molecule has 3 nitrogen and oxygen atoms in total.